The SMILES string of the molecule is Cc1ccc(N)c(C(=O)N2CCC(C(=O)O)C2)c1. The zero-order valence-electron chi connectivity index (χ0n) is 10.2. The number of rotatable bonds is 2. The van der Waals surface area contributed by atoms with Crippen LogP contribution in [0, 0.1) is 12.8 Å². The van der Waals surface area contributed by atoms with Crippen LogP contribution < -0.4 is 5.73 Å². The van der Waals surface area contributed by atoms with Gasteiger partial charge in [-0.3, -0.25) is 9.59 Å². The summed E-state index contributed by atoms with van der Waals surface area (Å²) in [5.74, 6) is -1.48. The van der Waals surface area contributed by atoms with Crippen molar-refractivity contribution in [3.63, 3.8) is 0 Å². The maximum Gasteiger partial charge on any atom is 0.308 e. The summed E-state index contributed by atoms with van der Waals surface area (Å²) in [5.41, 5.74) is 7.64. The normalized spacial score (nSPS) is 18.9. The molecule has 18 heavy (non-hydrogen) atoms. The number of nitrogen functional groups attached to an aromatic ring is 1. The van der Waals surface area contributed by atoms with Gasteiger partial charge < -0.3 is 15.7 Å². The lowest BCUT2D eigenvalue weighted by molar-refractivity contribution is -0.141. The van der Waals surface area contributed by atoms with Crippen LogP contribution in [0.2, 0.25) is 0 Å². The van der Waals surface area contributed by atoms with Crippen LogP contribution in [0.3, 0.4) is 0 Å². The van der Waals surface area contributed by atoms with Crippen LogP contribution in [0.1, 0.15) is 22.3 Å². The highest BCUT2D eigenvalue weighted by atomic mass is 16.4. The van der Waals surface area contributed by atoms with Crippen LogP contribution in [0.4, 0.5) is 5.69 Å². The first kappa shape index (κ1) is 12.4. The molecule has 0 spiro atoms. The number of aliphatic carboxylic acids is 1. The highest BCUT2D eigenvalue weighted by molar-refractivity contribution is 5.99. The zero-order valence-corrected chi connectivity index (χ0v) is 10.2. The largest absolute Gasteiger partial charge is 0.481 e. The fourth-order valence-electron chi connectivity index (χ4n) is 2.17. The molecule has 96 valence electrons. The van der Waals surface area contributed by atoms with Crippen LogP contribution in [0.25, 0.3) is 0 Å². The van der Waals surface area contributed by atoms with Crippen molar-refractivity contribution in [2.45, 2.75) is 13.3 Å². The Kier molecular flexibility index (Phi) is 3.23. The minimum Gasteiger partial charge on any atom is -0.481 e. The molecule has 1 unspecified atom stereocenters. The molecule has 1 aliphatic rings. The van der Waals surface area contributed by atoms with E-state index in [1.54, 1.807) is 17.0 Å². The molecule has 0 aliphatic carbocycles. The number of carboxylic acid groups (broad SMARTS) is 1. The van der Waals surface area contributed by atoms with Crippen LogP contribution >= 0.6 is 0 Å². The molecule has 0 saturated carbocycles. The molecule has 0 radical (unpaired) electrons. The molecular weight excluding hydrogens is 232 g/mol. The number of amides is 1. The standard InChI is InChI=1S/C13H16N2O3/c1-8-2-3-11(14)10(6-8)12(16)15-5-4-9(7-15)13(17)18/h2-3,6,9H,4-5,7,14H2,1H3,(H,17,18). The second kappa shape index (κ2) is 4.68. The predicted octanol–water partition coefficient (Wildman–Crippen LogP) is 1.12. The molecule has 1 aromatic carbocycles. The van der Waals surface area contributed by atoms with Gasteiger partial charge >= 0.3 is 5.97 Å². The number of carboxylic acids is 1. The number of likely N-dealkylation sites (tertiary alicyclic amines) is 1. The average molecular weight is 248 g/mol. The third kappa shape index (κ3) is 2.30. The van der Waals surface area contributed by atoms with Gasteiger partial charge in [0.25, 0.3) is 5.91 Å². The Morgan fingerprint density at radius 2 is 2.17 bits per heavy atom. The van der Waals surface area contributed by atoms with Crippen LogP contribution in [-0.4, -0.2) is 35.0 Å². The van der Waals surface area contributed by atoms with E-state index in [0.29, 0.717) is 24.2 Å². The van der Waals surface area contributed by atoms with Crippen molar-refractivity contribution in [1.29, 1.82) is 0 Å². The monoisotopic (exact) mass is 248 g/mol. The highest BCUT2D eigenvalue weighted by Crippen LogP contribution is 2.22. The molecule has 1 saturated heterocycles. The quantitative estimate of drug-likeness (QED) is 0.768. The van der Waals surface area contributed by atoms with E-state index < -0.39 is 11.9 Å². The topological polar surface area (TPSA) is 83.6 Å². The number of hydrogen-bond donors (Lipinski definition) is 2. The lowest BCUT2D eigenvalue weighted by Crippen LogP contribution is -2.30. The van der Waals surface area contributed by atoms with Gasteiger partial charge in [0.15, 0.2) is 0 Å². The molecular formula is C13H16N2O3. The molecule has 1 amide bonds. The summed E-state index contributed by atoms with van der Waals surface area (Å²) in [7, 11) is 0. The van der Waals surface area contributed by atoms with E-state index in [0.717, 1.165) is 5.56 Å². The smallest absolute Gasteiger partial charge is 0.308 e. The zero-order chi connectivity index (χ0) is 13.3. The molecule has 1 aromatic rings. The Hall–Kier alpha value is -2.04. The minimum atomic E-state index is -0.845. The van der Waals surface area contributed by atoms with Crippen LogP contribution in [0.15, 0.2) is 18.2 Å². The van der Waals surface area contributed by atoms with Crippen molar-refractivity contribution in [2.24, 2.45) is 5.92 Å². The van der Waals surface area contributed by atoms with Crippen molar-refractivity contribution in [1.82, 2.24) is 4.90 Å². The van der Waals surface area contributed by atoms with E-state index in [4.69, 9.17) is 10.8 Å². The van der Waals surface area contributed by atoms with Gasteiger partial charge in [0, 0.05) is 18.8 Å². The lowest BCUT2D eigenvalue weighted by Gasteiger charge is -2.17. The van der Waals surface area contributed by atoms with Gasteiger partial charge in [-0.15, -0.1) is 0 Å². The molecule has 1 atom stereocenters. The number of anilines is 1. The molecule has 1 heterocycles. The van der Waals surface area contributed by atoms with Crippen LogP contribution in [0.5, 0.6) is 0 Å². The van der Waals surface area contributed by atoms with E-state index >= 15 is 0 Å². The van der Waals surface area contributed by atoms with Gasteiger partial charge in [-0.25, -0.2) is 0 Å². The van der Waals surface area contributed by atoms with Crippen molar-refractivity contribution in [3.8, 4) is 0 Å². The lowest BCUT2D eigenvalue weighted by atomic mass is 10.1. The van der Waals surface area contributed by atoms with Gasteiger partial charge in [0.1, 0.15) is 0 Å². The molecule has 2 rings (SSSR count). The Bertz CT molecular complexity index is 499. The third-order valence-corrected chi connectivity index (χ3v) is 3.26. The predicted molar refractivity (Wildman–Crippen MR) is 67.2 cm³/mol. The van der Waals surface area contributed by atoms with Crippen LogP contribution in [-0.2, 0) is 4.79 Å². The first-order valence-corrected chi connectivity index (χ1v) is 5.87. The Labute approximate surface area is 105 Å². The van der Waals surface area contributed by atoms with Gasteiger partial charge in [-0.05, 0) is 25.5 Å². The van der Waals surface area contributed by atoms with Crippen molar-refractivity contribution in [3.05, 3.63) is 29.3 Å². The molecule has 1 aliphatic heterocycles. The summed E-state index contributed by atoms with van der Waals surface area (Å²) in [6.07, 6.45) is 0.507. The number of aryl methyl sites for hydroxylation is 1. The Morgan fingerprint density at radius 1 is 1.44 bits per heavy atom. The molecule has 1 fully saturated rings. The molecule has 0 bridgehead atoms. The highest BCUT2D eigenvalue weighted by Gasteiger charge is 2.31. The first-order valence-electron chi connectivity index (χ1n) is 5.87. The number of nitrogens with zero attached hydrogens (tertiary/aromatic N) is 1. The molecule has 3 N–H and O–H groups in total. The van der Waals surface area contributed by atoms with Gasteiger partial charge in [0.05, 0.1) is 11.5 Å². The maximum atomic E-state index is 12.2. The molecule has 5 nitrogen and oxygen atoms in total. The Morgan fingerprint density at radius 3 is 2.78 bits per heavy atom. The molecule has 0 aromatic heterocycles. The van der Waals surface area contributed by atoms with E-state index in [1.165, 1.54) is 0 Å². The number of carbonyl (C=O) groups excluding carboxylic acids is 1. The van der Waals surface area contributed by atoms with Crippen molar-refractivity contribution < 1.29 is 14.7 Å². The number of benzene rings is 1. The minimum absolute atomic E-state index is 0.181. The summed E-state index contributed by atoms with van der Waals surface area (Å²) in [6.45, 7) is 2.63. The maximum absolute atomic E-state index is 12.2. The van der Waals surface area contributed by atoms with E-state index in [1.807, 2.05) is 13.0 Å². The number of nitrogens with two attached hydrogens (primary N) is 1. The third-order valence-electron chi connectivity index (χ3n) is 3.26. The number of hydrogen-bond acceptors (Lipinski definition) is 3. The fourth-order valence-corrected chi connectivity index (χ4v) is 2.17. The van der Waals surface area contributed by atoms with Gasteiger partial charge in [-0.2, -0.15) is 0 Å². The second-order valence-corrected chi connectivity index (χ2v) is 4.67. The second-order valence-electron chi connectivity index (χ2n) is 4.67. The molecule has 5 heteroatoms. The summed E-state index contributed by atoms with van der Waals surface area (Å²) >= 11 is 0. The van der Waals surface area contributed by atoms with E-state index in [9.17, 15) is 9.59 Å². The average Bonchev–Trinajstić information content (AvgIpc) is 2.81. The van der Waals surface area contributed by atoms with Crippen molar-refractivity contribution in [2.75, 3.05) is 18.8 Å². The first-order chi connectivity index (χ1) is 8.49. The van der Waals surface area contributed by atoms with E-state index in [-0.39, 0.29) is 12.5 Å². The Balaban J connectivity index is 2.17. The number of carbonyl (C=O) groups is 2. The van der Waals surface area contributed by atoms with E-state index in [2.05, 4.69) is 0 Å². The summed E-state index contributed by atoms with van der Waals surface area (Å²) in [5, 5.41) is 8.92. The summed E-state index contributed by atoms with van der Waals surface area (Å²) in [4.78, 5) is 24.7. The van der Waals surface area contributed by atoms with Gasteiger partial charge in [0.2, 0.25) is 0 Å². The van der Waals surface area contributed by atoms with Gasteiger partial charge in [-0.1, -0.05) is 11.6 Å². The van der Waals surface area contributed by atoms with Crippen molar-refractivity contribution >= 4 is 17.6 Å². The summed E-state index contributed by atoms with van der Waals surface area (Å²) < 4.78 is 0. The summed E-state index contributed by atoms with van der Waals surface area (Å²) in [6, 6.07) is 5.29. The fraction of sp³-hybridized carbons (Fsp3) is 0.385.